The Hall–Kier alpha value is -2.34. The molecule has 1 saturated carbocycles. The SMILES string of the molecule is O=C(NCCN1C(=O)S/C(=C\c2ccccc2)C1=O)[C@H]1C[C@@H]2C=C[C@H]1C2. The van der Waals surface area contributed by atoms with Crippen LogP contribution in [-0.4, -0.2) is 35.0 Å². The average molecular weight is 368 g/mol. The lowest BCUT2D eigenvalue weighted by atomic mass is 9.93. The first kappa shape index (κ1) is 17.1. The van der Waals surface area contributed by atoms with E-state index < -0.39 is 0 Å². The van der Waals surface area contributed by atoms with Crippen LogP contribution in [0.2, 0.25) is 0 Å². The number of thioether (sulfide) groups is 1. The van der Waals surface area contributed by atoms with E-state index in [1.54, 1.807) is 6.08 Å². The van der Waals surface area contributed by atoms with Gasteiger partial charge in [-0.1, -0.05) is 42.5 Å². The van der Waals surface area contributed by atoms with Crippen LogP contribution in [0.15, 0.2) is 47.4 Å². The number of carbonyl (C=O) groups excluding carboxylic acids is 3. The zero-order chi connectivity index (χ0) is 18.1. The summed E-state index contributed by atoms with van der Waals surface area (Å²) in [6.45, 7) is 0.506. The van der Waals surface area contributed by atoms with Gasteiger partial charge in [-0.25, -0.2) is 0 Å². The standard InChI is InChI=1S/C20H20N2O3S/c23-18(16-11-14-6-7-15(16)10-14)21-8-9-22-19(24)17(26-20(22)25)12-13-4-2-1-3-5-13/h1-7,12,14-16H,8-11H2,(H,21,23)/b17-12-/t14-,15+,16+/m1/s1. The Bertz CT molecular complexity index is 803. The molecule has 1 aromatic rings. The number of nitrogens with zero attached hydrogens (tertiary/aromatic N) is 1. The van der Waals surface area contributed by atoms with Gasteiger partial charge in [0.1, 0.15) is 0 Å². The van der Waals surface area contributed by atoms with Gasteiger partial charge in [-0.2, -0.15) is 0 Å². The van der Waals surface area contributed by atoms with E-state index in [9.17, 15) is 14.4 Å². The van der Waals surface area contributed by atoms with Crippen LogP contribution in [0.25, 0.3) is 6.08 Å². The minimum absolute atomic E-state index is 0.0358. The van der Waals surface area contributed by atoms with Gasteiger partial charge >= 0.3 is 0 Å². The van der Waals surface area contributed by atoms with Crippen molar-refractivity contribution in [1.29, 1.82) is 0 Å². The molecule has 1 aliphatic heterocycles. The van der Waals surface area contributed by atoms with Crippen LogP contribution in [0.4, 0.5) is 4.79 Å². The average Bonchev–Trinajstić information content (AvgIpc) is 3.34. The van der Waals surface area contributed by atoms with Gasteiger partial charge in [0.15, 0.2) is 0 Å². The predicted molar refractivity (Wildman–Crippen MR) is 101 cm³/mol. The molecule has 0 unspecified atom stereocenters. The molecule has 0 radical (unpaired) electrons. The van der Waals surface area contributed by atoms with Gasteiger partial charge in [-0.3, -0.25) is 19.3 Å². The molecule has 134 valence electrons. The Kier molecular flexibility index (Phi) is 4.68. The van der Waals surface area contributed by atoms with Crippen molar-refractivity contribution in [2.45, 2.75) is 12.8 Å². The third-order valence-electron chi connectivity index (χ3n) is 5.22. The maximum atomic E-state index is 12.5. The molecule has 3 amide bonds. The molecule has 3 aliphatic rings. The molecule has 5 nitrogen and oxygen atoms in total. The van der Waals surface area contributed by atoms with Crippen LogP contribution < -0.4 is 5.32 Å². The lowest BCUT2D eigenvalue weighted by Gasteiger charge is -2.19. The highest BCUT2D eigenvalue weighted by molar-refractivity contribution is 8.18. The number of allylic oxidation sites excluding steroid dienone is 2. The lowest BCUT2D eigenvalue weighted by Crippen LogP contribution is -2.40. The molecule has 3 atom stereocenters. The van der Waals surface area contributed by atoms with E-state index in [1.165, 1.54) is 4.90 Å². The second kappa shape index (κ2) is 7.11. The van der Waals surface area contributed by atoms with Crippen molar-refractivity contribution in [3.63, 3.8) is 0 Å². The number of benzene rings is 1. The maximum Gasteiger partial charge on any atom is 0.293 e. The predicted octanol–water partition coefficient (Wildman–Crippen LogP) is 3.05. The number of nitrogens with one attached hydrogen (secondary N) is 1. The highest BCUT2D eigenvalue weighted by Gasteiger charge is 2.40. The largest absolute Gasteiger partial charge is 0.354 e. The zero-order valence-corrected chi connectivity index (χ0v) is 15.1. The molecule has 26 heavy (non-hydrogen) atoms. The first-order valence-electron chi connectivity index (χ1n) is 8.88. The zero-order valence-electron chi connectivity index (χ0n) is 14.3. The molecule has 2 aliphatic carbocycles. The summed E-state index contributed by atoms with van der Waals surface area (Å²) in [7, 11) is 0. The van der Waals surface area contributed by atoms with E-state index in [0.717, 1.165) is 30.2 Å². The molecule has 1 saturated heterocycles. The quantitative estimate of drug-likeness (QED) is 0.641. The van der Waals surface area contributed by atoms with Gasteiger partial charge in [0.25, 0.3) is 11.1 Å². The summed E-state index contributed by atoms with van der Waals surface area (Å²) < 4.78 is 0. The van der Waals surface area contributed by atoms with Crippen molar-refractivity contribution < 1.29 is 14.4 Å². The van der Waals surface area contributed by atoms with Crippen LogP contribution in [0, 0.1) is 17.8 Å². The highest BCUT2D eigenvalue weighted by Crippen LogP contribution is 2.43. The van der Waals surface area contributed by atoms with E-state index in [2.05, 4.69) is 17.5 Å². The molecule has 6 heteroatoms. The Morgan fingerprint density at radius 2 is 2.00 bits per heavy atom. The van der Waals surface area contributed by atoms with Crippen molar-refractivity contribution in [2.75, 3.05) is 13.1 Å². The number of hydrogen-bond donors (Lipinski definition) is 1. The summed E-state index contributed by atoms with van der Waals surface area (Å²) in [5, 5.41) is 2.61. The van der Waals surface area contributed by atoms with E-state index in [0.29, 0.717) is 23.3 Å². The second-order valence-corrected chi connectivity index (χ2v) is 7.91. The van der Waals surface area contributed by atoms with Crippen molar-refractivity contribution >= 4 is 34.9 Å². The molecule has 4 rings (SSSR count). The van der Waals surface area contributed by atoms with Gasteiger partial charge in [-0.15, -0.1) is 0 Å². The summed E-state index contributed by atoms with van der Waals surface area (Å²) in [4.78, 5) is 38.5. The Balaban J connectivity index is 1.31. The number of carbonyl (C=O) groups is 3. The van der Waals surface area contributed by atoms with Crippen molar-refractivity contribution in [3.05, 3.63) is 53.0 Å². The van der Waals surface area contributed by atoms with Gasteiger partial charge in [0.05, 0.1) is 4.91 Å². The molecule has 2 bridgehead atoms. The van der Waals surface area contributed by atoms with Gasteiger partial charge < -0.3 is 5.32 Å². The molecule has 2 fully saturated rings. The van der Waals surface area contributed by atoms with Crippen LogP contribution in [0.1, 0.15) is 18.4 Å². The lowest BCUT2D eigenvalue weighted by molar-refractivity contribution is -0.127. The fraction of sp³-hybridized carbons (Fsp3) is 0.350. The third-order valence-corrected chi connectivity index (χ3v) is 6.13. The summed E-state index contributed by atoms with van der Waals surface area (Å²) >= 11 is 0.947. The van der Waals surface area contributed by atoms with Crippen LogP contribution in [0.3, 0.4) is 0 Å². The molecule has 1 N–H and O–H groups in total. The minimum Gasteiger partial charge on any atom is -0.354 e. The van der Waals surface area contributed by atoms with E-state index in [-0.39, 0.29) is 29.5 Å². The number of hydrogen-bond acceptors (Lipinski definition) is 4. The number of rotatable bonds is 5. The Labute approximate surface area is 156 Å². The van der Waals surface area contributed by atoms with Gasteiger partial charge in [0, 0.05) is 19.0 Å². The van der Waals surface area contributed by atoms with Crippen molar-refractivity contribution in [3.8, 4) is 0 Å². The first-order chi connectivity index (χ1) is 12.6. The molecule has 1 heterocycles. The van der Waals surface area contributed by atoms with Crippen LogP contribution in [-0.2, 0) is 9.59 Å². The summed E-state index contributed by atoms with van der Waals surface area (Å²) in [5.41, 5.74) is 0.885. The number of imide groups is 1. The topological polar surface area (TPSA) is 66.5 Å². The Morgan fingerprint density at radius 3 is 2.69 bits per heavy atom. The van der Waals surface area contributed by atoms with Crippen molar-refractivity contribution in [1.82, 2.24) is 10.2 Å². The molecular weight excluding hydrogens is 348 g/mol. The van der Waals surface area contributed by atoms with E-state index >= 15 is 0 Å². The number of amides is 3. The molecule has 0 aromatic heterocycles. The second-order valence-electron chi connectivity index (χ2n) is 6.92. The van der Waals surface area contributed by atoms with E-state index in [1.807, 2.05) is 30.3 Å². The third kappa shape index (κ3) is 3.33. The smallest absolute Gasteiger partial charge is 0.293 e. The highest BCUT2D eigenvalue weighted by atomic mass is 32.2. The first-order valence-corrected chi connectivity index (χ1v) is 9.70. The number of fused-ring (bicyclic) bond motifs is 2. The normalized spacial score (nSPS) is 28.4. The maximum absolute atomic E-state index is 12.5. The fourth-order valence-electron chi connectivity index (χ4n) is 3.90. The Morgan fingerprint density at radius 1 is 1.19 bits per heavy atom. The molecular formula is C20H20N2O3S. The van der Waals surface area contributed by atoms with E-state index in [4.69, 9.17) is 0 Å². The van der Waals surface area contributed by atoms with Crippen molar-refractivity contribution in [2.24, 2.45) is 17.8 Å². The summed E-state index contributed by atoms with van der Waals surface area (Å²) in [5.74, 6) is 0.679. The van der Waals surface area contributed by atoms with Crippen LogP contribution in [0.5, 0.6) is 0 Å². The monoisotopic (exact) mass is 368 g/mol. The molecule has 0 spiro atoms. The van der Waals surface area contributed by atoms with Gasteiger partial charge in [-0.05, 0) is 48.1 Å². The summed E-state index contributed by atoms with van der Waals surface area (Å²) in [6.07, 6.45) is 8.06. The summed E-state index contributed by atoms with van der Waals surface area (Å²) in [6, 6.07) is 9.45. The van der Waals surface area contributed by atoms with Gasteiger partial charge in [0.2, 0.25) is 5.91 Å². The molecule has 1 aromatic carbocycles. The minimum atomic E-state index is -0.291. The van der Waals surface area contributed by atoms with Crippen LogP contribution >= 0.6 is 11.8 Å². The fourth-order valence-corrected chi connectivity index (χ4v) is 4.76.